The van der Waals surface area contributed by atoms with Crippen LogP contribution in [-0.4, -0.2) is 4.57 Å². The standard InChI is InChI=1S/C46H30N2O/c1-3-12-31(13-4-1)32-22-25-35(26-23-32)47(34-15-5-2-6-16-34)42-20-11-21-43-45(42)40-29-27-36(30-44(40)49-43)48-41-19-10-9-18-38(41)39-28-24-33-14-7-8-17-37(33)46(39)48/h1-30H. The molecule has 0 atom stereocenters. The minimum atomic E-state index is 0.860. The van der Waals surface area contributed by atoms with Crippen LogP contribution in [0.1, 0.15) is 0 Å². The highest BCUT2D eigenvalue weighted by Crippen LogP contribution is 2.44. The van der Waals surface area contributed by atoms with Gasteiger partial charge in [-0.3, -0.25) is 0 Å². The molecule has 3 heteroatoms. The number of furan rings is 1. The maximum atomic E-state index is 6.70. The molecule has 0 aliphatic carbocycles. The van der Waals surface area contributed by atoms with Gasteiger partial charge in [0.2, 0.25) is 0 Å². The van der Waals surface area contributed by atoms with Crippen molar-refractivity contribution in [3.8, 4) is 16.8 Å². The normalized spacial score (nSPS) is 11.7. The summed E-state index contributed by atoms with van der Waals surface area (Å²) in [7, 11) is 0. The van der Waals surface area contributed by atoms with Gasteiger partial charge in [0.15, 0.2) is 0 Å². The molecule has 49 heavy (non-hydrogen) atoms. The Morgan fingerprint density at radius 2 is 1.10 bits per heavy atom. The fraction of sp³-hybridized carbons (Fsp3) is 0. The first-order chi connectivity index (χ1) is 24.3. The molecule has 0 spiro atoms. The Morgan fingerprint density at radius 1 is 0.429 bits per heavy atom. The van der Waals surface area contributed by atoms with E-state index in [4.69, 9.17) is 4.42 Å². The Balaban J connectivity index is 1.18. The molecule has 0 N–H and O–H groups in total. The molecule has 0 saturated carbocycles. The van der Waals surface area contributed by atoms with Gasteiger partial charge in [0.05, 0.1) is 22.1 Å². The third-order valence-electron chi connectivity index (χ3n) is 9.76. The lowest BCUT2D eigenvalue weighted by Gasteiger charge is -2.26. The van der Waals surface area contributed by atoms with E-state index in [2.05, 4.69) is 191 Å². The summed E-state index contributed by atoms with van der Waals surface area (Å²) in [4.78, 5) is 2.33. The minimum Gasteiger partial charge on any atom is -0.456 e. The number of para-hydroxylation sites is 2. The first kappa shape index (κ1) is 27.5. The number of fused-ring (bicyclic) bond motifs is 8. The summed E-state index contributed by atoms with van der Waals surface area (Å²) in [6.45, 7) is 0. The van der Waals surface area contributed by atoms with Crippen molar-refractivity contribution in [3.63, 3.8) is 0 Å². The summed E-state index contributed by atoms with van der Waals surface area (Å²) in [5, 5.41) is 7.13. The fourth-order valence-electron chi connectivity index (χ4n) is 7.56. The first-order valence-corrected chi connectivity index (χ1v) is 16.7. The van der Waals surface area contributed by atoms with Crippen molar-refractivity contribution < 1.29 is 4.42 Å². The summed E-state index contributed by atoms with van der Waals surface area (Å²) in [6.07, 6.45) is 0. The molecule has 0 fully saturated rings. The number of benzene rings is 8. The van der Waals surface area contributed by atoms with Gasteiger partial charge in [-0.2, -0.15) is 0 Å². The molecule has 0 unspecified atom stereocenters. The Hall–Kier alpha value is -6.58. The van der Waals surface area contributed by atoms with Gasteiger partial charge >= 0.3 is 0 Å². The van der Waals surface area contributed by atoms with Crippen LogP contribution in [0.3, 0.4) is 0 Å². The van der Waals surface area contributed by atoms with Gasteiger partial charge in [-0.1, -0.05) is 121 Å². The van der Waals surface area contributed by atoms with E-state index < -0.39 is 0 Å². The molecule has 8 aromatic carbocycles. The summed E-state index contributed by atoms with van der Waals surface area (Å²) in [5.74, 6) is 0. The van der Waals surface area contributed by atoms with Crippen molar-refractivity contribution in [3.05, 3.63) is 182 Å². The van der Waals surface area contributed by atoms with Crippen LogP contribution in [0.4, 0.5) is 17.1 Å². The van der Waals surface area contributed by atoms with Crippen molar-refractivity contribution >= 4 is 71.6 Å². The Bertz CT molecular complexity index is 2810. The highest BCUT2D eigenvalue weighted by atomic mass is 16.3. The molecule has 10 rings (SSSR count). The fourth-order valence-corrected chi connectivity index (χ4v) is 7.56. The molecule has 0 saturated heterocycles. The van der Waals surface area contributed by atoms with Gasteiger partial charge < -0.3 is 13.9 Å². The number of anilines is 3. The SMILES string of the molecule is c1ccc(-c2ccc(N(c3ccccc3)c3cccc4oc5cc(-n6c7ccccc7c7ccc8ccccc8c76)ccc5c34)cc2)cc1. The van der Waals surface area contributed by atoms with Gasteiger partial charge in [0.1, 0.15) is 11.2 Å². The maximum absolute atomic E-state index is 6.70. The predicted octanol–water partition coefficient (Wildman–Crippen LogP) is 13.0. The molecule has 0 amide bonds. The predicted molar refractivity (Wildman–Crippen MR) is 206 cm³/mol. The second kappa shape index (κ2) is 11.0. The summed E-state index contributed by atoms with van der Waals surface area (Å²) < 4.78 is 9.10. The van der Waals surface area contributed by atoms with Gasteiger partial charge in [-0.25, -0.2) is 0 Å². The molecule has 2 aromatic heterocycles. The number of aromatic nitrogens is 1. The first-order valence-electron chi connectivity index (χ1n) is 16.7. The van der Waals surface area contributed by atoms with Crippen LogP contribution in [0.25, 0.3) is 71.3 Å². The quantitative estimate of drug-likeness (QED) is 0.190. The van der Waals surface area contributed by atoms with Crippen molar-refractivity contribution in [1.82, 2.24) is 4.57 Å². The van der Waals surface area contributed by atoms with E-state index in [-0.39, 0.29) is 0 Å². The number of nitrogens with zero attached hydrogens (tertiary/aromatic N) is 2. The minimum absolute atomic E-state index is 0.860. The molecule has 0 aliphatic rings. The number of hydrogen-bond donors (Lipinski definition) is 0. The zero-order valence-corrected chi connectivity index (χ0v) is 26.6. The topological polar surface area (TPSA) is 21.3 Å². The maximum Gasteiger partial charge on any atom is 0.137 e. The molecule has 0 aliphatic heterocycles. The Morgan fingerprint density at radius 3 is 1.94 bits per heavy atom. The Kier molecular flexibility index (Phi) is 6.18. The average molecular weight is 627 g/mol. The van der Waals surface area contributed by atoms with Crippen molar-refractivity contribution in [2.24, 2.45) is 0 Å². The lowest BCUT2D eigenvalue weighted by Crippen LogP contribution is -2.10. The zero-order valence-electron chi connectivity index (χ0n) is 26.6. The van der Waals surface area contributed by atoms with Crippen molar-refractivity contribution in [1.29, 1.82) is 0 Å². The lowest BCUT2D eigenvalue weighted by molar-refractivity contribution is 0.668. The second-order valence-electron chi connectivity index (χ2n) is 12.6. The van der Waals surface area contributed by atoms with Gasteiger partial charge in [0.25, 0.3) is 0 Å². The molecular weight excluding hydrogens is 597 g/mol. The largest absolute Gasteiger partial charge is 0.456 e. The van der Waals surface area contributed by atoms with Crippen LogP contribution in [-0.2, 0) is 0 Å². The zero-order chi connectivity index (χ0) is 32.3. The van der Waals surface area contributed by atoms with E-state index in [1.807, 2.05) is 0 Å². The van der Waals surface area contributed by atoms with E-state index in [0.29, 0.717) is 0 Å². The van der Waals surface area contributed by atoms with Crippen molar-refractivity contribution in [2.45, 2.75) is 0 Å². The molecule has 3 nitrogen and oxygen atoms in total. The smallest absolute Gasteiger partial charge is 0.137 e. The summed E-state index contributed by atoms with van der Waals surface area (Å²) in [6, 6.07) is 64.8. The molecule has 0 bridgehead atoms. The summed E-state index contributed by atoms with van der Waals surface area (Å²) >= 11 is 0. The monoisotopic (exact) mass is 626 g/mol. The molecule has 2 heterocycles. The number of hydrogen-bond acceptors (Lipinski definition) is 2. The third kappa shape index (κ3) is 4.37. The number of rotatable bonds is 5. The van der Waals surface area contributed by atoms with Crippen LogP contribution in [0, 0.1) is 0 Å². The molecule has 0 radical (unpaired) electrons. The third-order valence-corrected chi connectivity index (χ3v) is 9.76. The molecule has 10 aromatic rings. The van der Waals surface area contributed by atoms with Crippen LogP contribution in [0.15, 0.2) is 186 Å². The molecule has 230 valence electrons. The van der Waals surface area contributed by atoms with Crippen molar-refractivity contribution in [2.75, 3.05) is 4.90 Å². The Labute approximate surface area is 283 Å². The highest BCUT2D eigenvalue weighted by Gasteiger charge is 2.21. The van der Waals surface area contributed by atoms with Crippen LogP contribution >= 0.6 is 0 Å². The second-order valence-corrected chi connectivity index (χ2v) is 12.6. The van der Waals surface area contributed by atoms with E-state index in [9.17, 15) is 0 Å². The van der Waals surface area contributed by atoms with E-state index in [0.717, 1.165) is 44.7 Å². The van der Waals surface area contributed by atoms with Gasteiger partial charge in [0, 0.05) is 44.7 Å². The van der Waals surface area contributed by atoms with E-state index >= 15 is 0 Å². The summed E-state index contributed by atoms with van der Waals surface area (Å²) in [5.41, 5.74) is 10.8. The average Bonchev–Trinajstić information content (AvgIpc) is 3.72. The van der Waals surface area contributed by atoms with Gasteiger partial charge in [-0.15, -0.1) is 0 Å². The van der Waals surface area contributed by atoms with Crippen LogP contribution in [0.2, 0.25) is 0 Å². The molecular formula is C46H30N2O. The van der Waals surface area contributed by atoms with E-state index in [1.165, 1.54) is 43.7 Å². The van der Waals surface area contributed by atoms with Crippen LogP contribution < -0.4 is 4.90 Å². The van der Waals surface area contributed by atoms with Gasteiger partial charge in [-0.05, 0) is 71.1 Å². The lowest BCUT2D eigenvalue weighted by atomic mass is 10.0. The van der Waals surface area contributed by atoms with Crippen LogP contribution in [0.5, 0.6) is 0 Å². The van der Waals surface area contributed by atoms with E-state index in [1.54, 1.807) is 0 Å². The highest BCUT2D eigenvalue weighted by molar-refractivity contribution is 6.19.